The number of thioether (sulfide) groups is 1. The quantitative estimate of drug-likeness (QED) is 0.653. The second-order valence-electron chi connectivity index (χ2n) is 6.85. The lowest BCUT2D eigenvalue weighted by Crippen LogP contribution is -2.28. The summed E-state index contributed by atoms with van der Waals surface area (Å²) in [5, 5.41) is 4.85. The third kappa shape index (κ3) is 5.59. The van der Waals surface area contributed by atoms with Gasteiger partial charge in [0.1, 0.15) is 0 Å². The number of sulfone groups is 1. The fourth-order valence-electron chi connectivity index (χ4n) is 2.90. The SMILES string of the molecule is CCC1Sc2ccc(S(=O)(=O)CCC(=O)Nc3ccc(C(F)(F)F)cc3)cc2NC1=O. The smallest absolute Gasteiger partial charge is 0.326 e. The fraction of sp³-hybridized carbons (Fsp3) is 0.300. The number of alkyl halides is 3. The number of rotatable bonds is 6. The summed E-state index contributed by atoms with van der Waals surface area (Å²) < 4.78 is 63.0. The number of carbonyl (C=O) groups is 2. The molecular formula is C20H19F3N2O4S2. The molecular weight excluding hydrogens is 453 g/mol. The second-order valence-corrected chi connectivity index (χ2v) is 10.2. The number of hydrogen-bond donors (Lipinski definition) is 2. The Morgan fingerprint density at radius 2 is 1.84 bits per heavy atom. The Kier molecular flexibility index (Phi) is 6.65. The molecule has 6 nitrogen and oxygen atoms in total. The highest BCUT2D eigenvalue weighted by Crippen LogP contribution is 2.38. The Hall–Kier alpha value is -2.53. The van der Waals surface area contributed by atoms with Crippen molar-refractivity contribution in [3.63, 3.8) is 0 Å². The summed E-state index contributed by atoms with van der Waals surface area (Å²) in [6.07, 6.45) is -4.22. The van der Waals surface area contributed by atoms with Crippen molar-refractivity contribution in [3.8, 4) is 0 Å². The molecule has 31 heavy (non-hydrogen) atoms. The molecule has 2 aromatic carbocycles. The first kappa shape index (κ1) is 23.1. The molecule has 0 saturated heterocycles. The molecule has 1 heterocycles. The summed E-state index contributed by atoms with van der Waals surface area (Å²) in [5.41, 5.74) is -0.305. The van der Waals surface area contributed by atoms with Gasteiger partial charge in [-0.15, -0.1) is 11.8 Å². The molecule has 11 heteroatoms. The normalized spacial score (nSPS) is 16.4. The molecule has 0 spiro atoms. The van der Waals surface area contributed by atoms with E-state index in [-0.39, 0.29) is 28.2 Å². The van der Waals surface area contributed by atoms with E-state index in [9.17, 15) is 31.2 Å². The monoisotopic (exact) mass is 472 g/mol. The predicted octanol–water partition coefficient (Wildman–Crippen LogP) is 4.33. The van der Waals surface area contributed by atoms with Gasteiger partial charge in [-0.25, -0.2) is 8.42 Å². The number of carbonyl (C=O) groups excluding carboxylic acids is 2. The van der Waals surface area contributed by atoms with E-state index in [4.69, 9.17) is 0 Å². The lowest BCUT2D eigenvalue weighted by atomic mass is 10.2. The zero-order chi connectivity index (χ0) is 22.8. The van der Waals surface area contributed by atoms with Crippen molar-refractivity contribution in [3.05, 3.63) is 48.0 Å². The zero-order valence-electron chi connectivity index (χ0n) is 16.3. The molecule has 3 rings (SSSR count). The van der Waals surface area contributed by atoms with Gasteiger partial charge in [0.2, 0.25) is 11.8 Å². The Morgan fingerprint density at radius 1 is 1.16 bits per heavy atom. The first-order valence-corrected chi connectivity index (χ1v) is 11.8. The summed E-state index contributed by atoms with van der Waals surface area (Å²) in [4.78, 5) is 24.8. The fourth-order valence-corrected chi connectivity index (χ4v) is 5.19. The van der Waals surface area contributed by atoms with Crippen molar-refractivity contribution in [2.24, 2.45) is 0 Å². The largest absolute Gasteiger partial charge is 0.416 e. The van der Waals surface area contributed by atoms with Crippen molar-refractivity contribution in [2.75, 3.05) is 16.4 Å². The minimum atomic E-state index is -4.49. The molecule has 2 N–H and O–H groups in total. The average molecular weight is 473 g/mol. The maximum absolute atomic E-state index is 12.6. The molecule has 2 amide bonds. The first-order chi connectivity index (χ1) is 14.5. The summed E-state index contributed by atoms with van der Waals surface area (Å²) in [6, 6.07) is 8.28. The molecule has 1 atom stereocenters. The van der Waals surface area contributed by atoms with Gasteiger partial charge >= 0.3 is 6.18 Å². The van der Waals surface area contributed by atoms with Crippen LogP contribution < -0.4 is 10.6 Å². The third-order valence-corrected chi connectivity index (χ3v) is 7.75. The van der Waals surface area contributed by atoms with Gasteiger partial charge in [-0.3, -0.25) is 9.59 Å². The van der Waals surface area contributed by atoms with Gasteiger partial charge in [0.05, 0.1) is 27.1 Å². The molecule has 0 aromatic heterocycles. The highest BCUT2D eigenvalue weighted by atomic mass is 32.2. The van der Waals surface area contributed by atoms with Crippen LogP contribution in [-0.4, -0.2) is 31.2 Å². The van der Waals surface area contributed by atoms with E-state index >= 15 is 0 Å². The van der Waals surface area contributed by atoms with E-state index in [1.165, 1.54) is 23.9 Å². The molecule has 166 valence electrons. The van der Waals surface area contributed by atoms with Crippen LogP contribution in [0.3, 0.4) is 0 Å². The van der Waals surface area contributed by atoms with Crippen LogP contribution in [0.15, 0.2) is 52.3 Å². The predicted molar refractivity (Wildman–Crippen MR) is 112 cm³/mol. The molecule has 0 radical (unpaired) electrons. The molecule has 0 bridgehead atoms. The van der Waals surface area contributed by atoms with Crippen LogP contribution in [0.5, 0.6) is 0 Å². The maximum Gasteiger partial charge on any atom is 0.416 e. The van der Waals surface area contributed by atoms with Crippen LogP contribution in [0.2, 0.25) is 0 Å². The highest BCUT2D eigenvalue weighted by molar-refractivity contribution is 8.01. The number of halogens is 3. The van der Waals surface area contributed by atoms with Gasteiger partial charge in [-0.2, -0.15) is 13.2 Å². The Balaban J connectivity index is 1.63. The number of fused-ring (bicyclic) bond motifs is 1. The second kappa shape index (κ2) is 8.91. The Bertz CT molecular complexity index is 1100. The molecule has 0 saturated carbocycles. The molecule has 2 aromatic rings. The molecule has 1 unspecified atom stereocenters. The Labute approximate surface area is 181 Å². The molecule has 0 fully saturated rings. The average Bonchev–Trinajstić information content (AvgIpc) is 2.71. The van der Waals surface area contributed by atoms with Crippen LogP contribution in [0.1, 0.15) is 25.3 Å². The minimum Gasteiger partial charge on any atom is -0.326 e. The topological polar surface area (TPSA) is 92.3 Å². The first-order valence-electron chi connectivity index (χ1n) is 9.31. The van der Waals surface area contributed by atoms with Gasteiger partial charge < -0.3 is 10.6 Å². The van der Waals surface area contributed by atoms with Gasteiger partial charge in [-0.05, 0) is 48.9 Å². The van der Waals surface area contributed by atoms with Crippen molar-refractivity contribution in [1.82, 2.24) is 0 Å². The van der Waals surface area contributed by atoms with Crippen molar-refractivity contribution >= 4 is 44.8 Å². The van der Waals surface area contributed by atoms with E-state index < -0.39 is 33.2 Å². The molecule has 1 aliphatic rings. The van der Waals surface area contributed by atoms with Gasteiger partial charge in [0.15, 0.2) is 9.84 Å². The van der Waals surface area contributed by atoms with Crippen LogP contribution in [-0.2, 0) is 25.6 Å². The van der Waals surface area contributed by atoms with E-state index in [0.29, 0.717) is 12.1 Å². The summed E-state index contributed by atoms with van der Waals surface area (Å²) >= 11 is 1.36. The van der Waals surface area contributed by atoms with Crippen LogP contribution in [0.4, 0.5) is 24.5 Å². The Morgan fingerprint density at radius 3 is 2.45 bits per heavy atom. The van der Waals surface area contributed by atoms with Gasteiger partial charge in [0.25, 0.3) is 0 Å². The maximum atomic E-state index is 12.6. The summed E-state index contributed by atoms with van der Waals surface area (Å²) in [7, 11) is -3.81. The number of nitrogens with one attached hydrogen (secondary N) is 2. The van der Waals surface area contributed by atoms with Crippen molar-refractivity contribution in [1.29, 1.82) is 0 Å². The highest BCUT2D eigenvalue weighted by Gasteiger charge is 2.30. The standard InChI is InChI=1S/C20H19F3N2O4S2/c1-2-16-19(27)25-15-11-14(7-8-17(15)30-16)31(28,29)10-9-18(26)24-13-5-3-12(4-6-13)20(21,22)23/h3-8,11,16H,2,9-10H2,1H3,(H,24,26)(H,25,27). The number of hydrogen-bond acceptors (Lipinski definition) is 5. The van der Waals surface area contributed by atoms with Crippen molar-refractivity contribution < 1.29 is 31.2 Å². The van der Waals surface area contributed by atoms with E-state index in [1.54, 1.807) is 6.07 Å². The number of amides is 2. The minimum absolute atomic E-state index is 0.0237. The number of benzene rings is 2. The molecule has 0 aliphatic carbocycles. The summed E-state index contributed by atoms with van der Waals surface area (Å²) in [5.74, 6) is -1.32. The zero-order valence-corrected chi connectivity index (χ0v) is 18.0. The molecule has 1 aliphatic heterocycles. The summed E-state index contributed by atoms with van der Waals surface area (Å²) in [6.45, 7) is 1.89. The van der Waals surface area contributed by atoms with Gasteiger partial charge in [-0.1, -0.05) is 6.92 Å². The lowest BCUT2D eigenvalue weighted by Gasteiger charge is -2.23. The van der Waals surface area contributed by atoms with E-state index in [1.807, 2.05) is 6.92 Å². The lowest BCUT2D eigenvalue weighted by molar-refractivity contribution is -0.137. The number of anilines is 2. The van der Waals surface area contributed by atoms with Crippen LogP contribution in [0, 0.1) is 0 Å². The van der Waals surface area contributed by atoms with E-state index in [0.717, 1.165) is 29.2 Å². The van der Waals surface area contributed by atoms with Crippen molar-refractivity contribution in [2.45, 2.75) is 41.0 Å². The van der Waals surface area contributed by atoms with Gasteiger partial charge in [0, 0.05) is 17.0 Å². The van der Waals surface area contributed by atoms with E-state index in [2.05, 4.69) is 10.6 Å². The van der Waals surface area contributed by atoms with Crippen LogP contribution >= 0.6 is 11.8 Å². The van der Waals surface area contributed by atoms with Crippen LogP contribution in [0.25, 0.3) is 0 Å². The third-order valence-electron chi connectivity index (χ3n) is 4.59.